The molecule has 0 unspecified atom stereocenters. The zero-order valence-corrected chi connectivity index (χ0v) is 12.4. The normalized spacial score (nSPS) is 19.9. The molecule has 1 aliphatic heterocycles. The Bertz CT molecular complexity index is 512. The van der Waals surface area contributed by atoms with Gasteiger partial charge in [-0.1, -0.05) is 17.7 Å². The number of hydrogen-bond acceptors (Lipinski definition) is 3. The van der Waals surface area contributed by atoms with Crippen LogP contribution in [0.3, 0.4) is 0 Å². The summed E-state index contributed by atoms with van der Waals surface area (Å²) in [4.78, 5) is 25.0. The van der Waals surface area contributed by atoms with E-state index in [1.807, 2.05) is 31.2 Å². The number of amides is 1. The minimum Gasteiger partial charge on any atom is -0.481 e. The summed E-state index contributed by atoms with van der Waals surface area (Å²) in [6, 6.07) is 7.51. The molecular weight excluding hydrogens is 270 g/mol. The lowest BCUT2D eigenvalue weighted by atomic mass is 9.98. The molecule has 2 atom stereocenters. The molecule has 0 bridgehead atoms. The lowest BCUT2D eigenvalue weighted by molar-refractivity contribution is -0.147. The minimum absolute atomic E-state index is 0.151. The summed E-state index contributed by atoms with van der Waals surface area (Å²) in [5.41, 5.74) is 1.13. The Morgan fingerprint density at radius 1 is 1.33 bits per heavy atom. The summed E-state index contributed by atoms with van der Waals surface area (Å²) < 4.78 is 5.64. The van der Waals surface area contributed by atoms with Crippen molar-refractivity contribution in [2.75, 3.05) is 13.1 Å². The number of carboxylic acids is 1. The van der Waals surface area contributed by atoms with Crippen molar-refractivity contribution in [1.29, 1.82) is 0 Å². The molecule has 1 aromatic rings. The Balaban J connectivity index is 1.95. The molecule has 5 nitrogen and oxygen atoms in total. The van der Waals surface area contributed by atoms with Gasteiger partial charge in [-0.2, -0.15) is 0 Å². The molecule has 1 aliphatic rings. The molecule has 0 aromatic heterocycles. The summed E-state index contributed by atoms with van der Waals surface area (Å²) >= 11 is 0. The van der Waals surface area contributed by atoms with E-state index >= 15 is 0 Å². The van der Waals surface area contributed by atoms with Gasteiger partial charge in [-0.05, 0) is 38.8 Å². The van der Waals surface area contributed by atoms with Crippen molar-refractivity contribution in [3.63, 3.8) is 0 Å². The van der Waals surface area contributed by atoms with E-state index in [9.17, 15) is 9.59 Å². The Kier molecular flexibility index (Phi) is 4.83. The van der Waals surface area contributed by atoms with Crippen LogP contribution in [0.1, 0.15) is 25.3 Å². The molecule has 21 heavy (non-hydrogen) atoms. The van der Waals surface area contributed by atoms with Crippen LogP contribution >= 0.6 is 0 Å². The molecular formula is C16H21NO4. The highest BCUT2D eigenvalue weighted by molar-refractivity contribution is 5.82. The maximum absolute atomic E-state index is 12.3. The average molecular weight is 291 g/mol. The van der Waals surface area contributed by atoms with Crippen molar-refractivity contribution in [3.8, 4) is 5.75 Å². The SMILES string of the molecule is Cc1ccc(O[C@H](C)C(=O)N2CCC[C@@H](C(=O)O)C2)cc1. The van der Waals surface area contributed by atoms with Gasteiger partial charge in [-0.25, -0.2) is 0 Å². The second kappa shape index (κ2) is 6.61. The molecule has 114 valence electrons. The topological polar surface area (TPSA) is 66.8 Å². The van der Waals surface area contributed by atoms with Crippen molar-refractivity contribution in [1.82, 2.24) is 4.90 Å². The first kappa shape index (κ1) is 15.4. The van der Waals surface area contributed by atoms with Gasteiger partial charge >= 0.3 is 5.97 Å². The van der Waals surface area contributed by atoms with Gasteiger partial charge in [0, 0.05) is 13.1 Å². The lowest BCUT2D eigenvalue weighted by Crippen LogP contribution is -2.47. The van der Waals surface area contributed by atoms with E-state index in [0.717, 1.165) is 12.0 Å². The fraction of sp³-hybridized carbons (Fsp3) is 0.500. The standard InChI is InChI=1S/C16H21NO4/c1-11-5-7-14(8-6-11)21-12(2)15(18)17-9-3-4-13(10-17)16(19)20/h5-8,12-13H,3-4,9-10H2,1-2H3,(H,19,20)/t12-,13-/m1/s1. The zero-order chi connectivity index (χ0) is 15.4. The number of aryl methyl sites for hydroxylation is 1. The van der Waals surface area contributed by atoms with Gasteiger partial charge < -0.3 is 14.7 Å². The van der Waals surface area contributed by atoms with Crippen molar-refractivity contribution in [3.05, 3.63) is 29.8 Å². The van der Waals surface area contributed by atoms with Crippen LogP contribution in [-0.4, -0.2) is 41.1 Å². The number of ether oxygens (including phenoxy) is 1. The maximum atomic E-state index is 12.3. The van der Waals surface area contributed by atoms with Crippen LogP contribution in [0.2, 0.25) is 0 Å². The van der Waals surface area contributed by atoms with Crippen LogP contribution < -0.4 is 4.74 Å². The molecule has 1 N–H and O–H groups in total. The summed E-state index contributed by atoms with van der Waals surface area (Å²) in [5, 5.41) is 9.07. The van der Waals surface area contributed by atoms with E-state index in [1.165, 1.54) is 0 Å². The monoisotopic (exact) mass is 291 g/mol. The predicted molar refractivity (Wildman–Crippen MR) is 78.2 cm³/mol. The Hall–Kier alpha value is -2.04. The third kappa shape index (κ3) is 3.97. The Morgan fingerprint density at radius 3 is 2.62 bits per heavy atom. The van der Waals surface area contributed by atoms with Gasteiger partial charge in [0.05, 0.1) is 5.92 Å². The number of rotatable bonds is 4. The molecule has 1 saturated heterocycles. The van der Waals surface area contributed by atoms with Gasteiger partial charge in [0.1, 0.15) is 5.75 Å². The first-order valence-corrected chi connectivity index (χ1v) is 7.22. The molecule has 0 spiro atoms. The number of carbonyl (C=O) groups excluding carboxylic acids is 1. The summed E-state index contributed by atoms with van der Waals surface area (Å²) in [6.45, 7) is 4.56. The molecule has 1 heterocycles. The first-order chi connectivity index (χ1) is 9.97. The molecule has 0 aliphatic carbocycles. The van der Waals surface area contributed by atoms with Gasteiger partial charge in [-0.15, -0.1) is 0 Å². The fourth-order valence-corrected chi connectivity index (χ4v) is 2.51. The molecule has 0 radical (unpaired) electrons. The Labute approximate surface area is 124 Å². The number of hydrogen-bond donors (Lipinski definition) is 1. The van der Waals surface area contributed by atoms with Crippen LogP contribution in [-0.2, 0) is 9.59 Å². The fourth-order valence-electron chi connectivity index (χ4n) is 2.51. The van der Waals surface area contributed by atoms with E-state index in [-0.39, 0.29) is 12.5 Å². The Morgan fingerprint density at radius 2 is 2.00 bits per heavy atom. The van der Waals surface area contributed by atoms with E-state index in [1.54, 1.807) is 11.8 Å². The number of carboxylic acid groups (broad SMARTS) is 1. The highest BCUT2D eigenvalue weighted by Gasteiger charge is 2.30. The second-order valence-electron chi connectivity index (χ2n) is 5.53. The minimum atomic E-state index is -0.834. The van der Waals surface area contributed by atoms with Gasteiger partial charge in [-0.3, -0.25) is 9.59 Å². The van der Waals surface area contributed by atoms with E-state index in [4.69, 9.17) is 9.84 Å². The van der Waals surface area contributed by atoms with Crippen molar-refractivity contribution in [2.24, 2.45) is 5.92 Å². The predicted octanol–water partition coefficient (Wildman–Crippen LogP) is 2.09. The van der Waals surface area contributed by atoms with Crippen LogP contribution in [0.5, 0.6) is 5.75 Å². The lowest BCUT2D eigenvalue weighted by Gasteiger charge is -2.32. The van der Waals surface area contributed by atoms with Gasteiger partial charge in [0.2, 0.25) is 0 Å². The molecule has 1 amide bonds. The number of nitrogens with zero attached hydrogens (tertiary/aromatic N) is 1. The molecule has 1 aromatic carbocycles. The third-order valence-electron chi connectivity index (χ3n) is 3.76. The summed E-state index contributed by atoms with van der Waals surface area (Å²) in [6.07, 6.45) is 0.743. The largest absolute Gasteiger partial charge is 0.481 e. The second-order valence-corrected chi connectivity index (χ2v) is 5.53. The van der Waals surface area contributed by atoms with Crippen LogP contribution in [0.25, 0.3) is 0 Å². The summed E-state index contributed by atoms with van der Waals surface area (Å²) in [7, 11) is 0. The quantitative estimate of drug-likeness (QED) is 0.922. The first-order valence-electron chi connectivity index (χ1n) is 7.22. The highest BCUT2D eigenvalue weighted by atomic mass is 16.5. The molecule has 2 rings (SSSR count). The smallest absolute Gasteiger partial charge is 0.308 e. The molecule has 5 heteroatoms. The van der Waals surface area contributed by atoms with Gasteiger partial charge in [0.15, 0.2) is 6.10 Å². The van der Waals surface area contributed by atoms with E-state index in [2.05, 4.69) is 0 Å². The van der Waals surface area contributed by atoms with Gasteiger partial charge in [0.25, 0.3) is 5.91 Å². The van der Waals surface area contributed by atoms with E-state index in [0.29, 0.717) is 18.7 Å². The van der Waals surface area contributed by atoms with Crippen molar-refractivity contribution < 1.29 is 19.4 Å². The molecule has 1 fully saturated rings. The van der Waals surface area contributed by atoms with Crippen LogP contribution in [0.4, 0.5) is 0 Å². The van der Waals surface area contributed by atoms with Crippen LogP contribution in [0.15, 0.2) is 24.3 Å². The molecule has 0 saturated carbocycles. The average Bonchev–Trinajstić information content (AvgIpc) is 2.49. The number of likely N-dealkylation sites (tertiary alicyclic amines) is 1. The van der Waals surface area contributed by atoms with Crippen molar-refractivity contribution >= 4 is 11.9 Å². The van der Waals surface area contributed by atoms with E-state index < -0.39 is 18.0 Å². The highest BCUT2D eigenvalue weighted by Crippen LogP contribution is 2.19. The maximum Gasteiger partial charge on any atom is 0.308 e. The number of piperidine rings is 1. The zero-order valence-electron chi connectivity index (χ0n) is 12.4. The number of carbonyl (C=O) groups is 2. The summed E-state index contributed by atoms with van der Waals surface area (Å²) in [5.74, 6) is -0.802. The van der Waals surface area contributed by atoms with Crippen LogP contribution in [0, 0.1) is 12.8 Å². The number of benzene rings is 1. The van der Waals surface area contributed by atoms with Crippen molar-refractivity contribution in [2.45, 2.75) is 32.8 Å². The number of aliphatic carboxylic acids is 1. The third-order valence-corrected chi connectivity index (χ3v) is 3.76.